The maximum absolute atomic E-state index is 10.9. The van der Waals surface area contributed by atoms with Gasteiger partial charge in [-0.15, -0.1) is 0 Å². The highest BCUT2D eigenvalue weighted by Gasteiger charge is 2.07. The maximum atomic E-state index is 10.9. The van der Waals surface area contributed by atoms with Crippen LogP contribution < -0.4 is 0 Å². The van der Waals surface area contributed by atoms with Gasteiger partial charge in [-0.3, -0.25) is 4.79 Å². The number of benzene rings is 2. The van der Waals surface area contributed by atoms with Crippen LogP contribution in [0.2, 0.25) is 0 Å². The van der Waals surface area contributed by atoms with Gasteiger partial charge in [0.15, 0.2) is 0 Å². The first-order chi connectivity index (χ1) is 8.76. The van der Waals surface area contributed by atoms with Gasteiger partial charge in [0.1, 0.15) is 17.6 Å². The third-order valence-corrected chi connectivity index (χ3v) is 2.95. The first-order valence-electron chi connectivity index (χ1n) is 5.82. The fourth-order valence-electron chi connectivity index (χ4n) is 2.15. The number of para-hydroxylation sites is 1. The predicted molar refractivity (Wildman–Crippen MR) is 71.8 cm³/mol. The quantitative estimate of drug-likeness (QED) is 0.623. The number of hydrogen-bond donors (Lipinski definition) is 0. The summed E-state index contributed by atoms with van der Waals surface area (Å²) in [6.07, 6.45) is 0.860. The molecule has 0 saturated heterocycles. The number of fused-ring (bicyclic) bond motifs is 1. The normalized spacial score (nSPS) is 10.7. The summed E-state index contributed by atoms with van der Waals surface area (Å²) < 4.78 is 5.79. The Morgan fingerprint density at radius 3 is 2.67 bits per heavy atom. The van der Waals surface area contributed by atoms with E-state index in [4.69, 9.17) is 4.42 Å². The van der Waals surface area contributed by atoms with Crippen LogP contribution in [0.25, 0.3) is 22.3 Å². The predicted octanol–water partition coefficient (Wildman–Crippen LogP) is 4.22. The molecule has 2 heteroatoms. The molecule has 1 aromatic heterocycles. The van der Waals surface area contributed by atoms with Gasteiger partial charge in [-0.25, -0.2) is 0 Å². The van der Waals surface area contributed by atoms with Crippen LogP contribution in [0.1, 0.15) is 15.9 Å². The van der Waals surface area contributed by atoms with E-state index in [1.165, 1.54) is 0 Å². The van der Waals surface area contributed by atoms with Crippen molar-refractivity contribution in [1.82, 2.24) is 0 Å². The van der Waals surface area contributed by atoms with Crippen LogP contribution >= 0.6 is 0 Å². The highest BCUT2D eigenvalue weighted by Crippen LogP contribution is 2.28. The van der Waals surface area contributed by atoms with Crippen LogP contribution in [0, 0.1) is 6.92 Å². The van der Waals surface area contributed by atoms with E-state index in [-0.39, 0.29) is 0 Å². The van der Waals surface area contributed by atoms with E-state index in [1.54, 1.807) is 0 Å². The van der Waals surface area contributed by atoms with E-state index in [2.05, 4.69) is 0 Å². The van der Waals surface area contributed by atoms with Gasteiger partial charge in [0.05, 0.1) is 0 Å². The molecule has 2 nitrogen and oxygen atoms in total. The van der Waals surface area contributed by atoms with Crippen molar-refractivity contribution in [2.75, 3.05) is 0 Å². The van der Waals surface area contributed by atoms with Gasteiger partial charge in [-0.05, 0) is 42.8 Å². The summed E-state index contributed by atoms with van der Waals surface area (Å²) in [6, 6.07) is 15.6. The molecular formula is C16H12O2. The van der Waals surface area contributed by atoms with E-state index < -0.39 is 0 Å². The molecule has 0 aliphatic rings. The Hall–Kier alpha value is -2.35. The lowest BCUT2D eigenvalue weighted by molar-refractivity contribution is 0.112. The lowest BCUT2D eigenvalue weighted by Gasteiger charge is -2.00. The maximum Gasteiger partial charge on any atom is 0.150 e. The average molecular weight is 236 g/mol. The van der Waals surface area contributed by atoms with E-state index in [1.807, 2.05) is 55.5 Å². The Labute approximate surface area is 105 Å². The van der Waals surface area contributed by atoms with Crippen LogP contribution in [0.15, 0.2) is 52.9 Å². The number of carbonyl (C=O) groups is 1. The Balaban J connectivity index is 2.19. The van der Waals surface area contributed by atoms with Crippen molar-refractivity contribution in [3.63, 3.8) is 0 Å². The molecule has 2 aromatic carbocycles. The molecule has 18 heavy (non-hydrogen) atoms. The molecular weight excluding hydrogens is 224 g/mol. The number of aldehydes is 1. The Morgan fingerprint density at radius 1 is 1.06 bits per heavy atom. The molecule has 0 amide bonds. The number of carbonyl (C=O) groups excluding carboxylic acids is 1. The lowest BCUT2D eigenvalue weighted by atomic mass is 10.1. The zero-order valence-corrected chi connectivity index (χ0v) is 10.0. The average Bonchev–Trinajstić information content (AvgIpc) is 2.81. The van der Waals surface area contributed by atoms with Crippen molar-refractivity contribution in [2.45, 2.75) is 6.92 Å². The third-order valence-electron chi connectivity index (χ3n) is 2.95. The molecule has 0 spiro atoms. The molecule has 0 aliphatic heterocycles. The second kappa shape index (κ2) is 4.15. The van der Waals surface area contributed by atoms with Crippen LogP contribution in [-0.4, -0.2) is 6.29 Å². The first kappa shape index (κ1) is 10.8. The molecule has 0 bridgehead atoms. The van der Waals surface area contributed by atoms with Crippen LogP contribution in [0.3, 0.4) is 0 Å². The van der Waals surface area contributed by atoms with E-state index in [0.29, 0.717) is 5.56 Å². The minimum Gasteiger partial charge on any atom is -0.456 e. The van der Waals surface area contributed by atoms with Crippen molar-refractivity contribution in [1.29, 1.82) is 0 Å². The molecule has 1 heterocycles. The molecule has 0 radical (unpaired) electrons. The SMILES string of the molecule is Cc1cc(C=O)cc(-c2cc3ccccc3o2)c1. The third kappa shape index (κ3) is 1.82. The monoisotopic (exact) mass is 236 g/mol. The summed E-state index contributed by atoms with van der Waals surface area (Å²) in [7, 11) is 0. The standard InChI is InChI=1S/C16H12O2/c1-11-6-12(10-17)8-14(7-11)16-9-13-4-2-3-5-15(13)18-16/h2-10H,1H3. The Bertz CT molecular complexity index is 690. The molecule has 88 valence electrons. The van der Waals surface area contributed by atoms with Crippen molar-refractivity contribution >= 4 is 17.3 Å². The highest BCUT2D eigenvalue weighted by atomic mass is 16.3. The summed E-state index contributed by atoms with van der Waals surface area (Å²) in [5.41, 5.74) is 3.52. The fourth-order valence-corrected chi connectivity index (χ4v) is 2.15. The van der Waals surface area contributed by atoms with Crippen LogP contribution in [-0.2, 0) is 0 Å². The Morgan fingerprint density at radius 2 is 1.89 bits per heavy atom. The minimum atomic E-state index is 0.672. The van der Waals surface area contributed by atoms with Gasteiger partial charge in [0.2, 0.25) is 0 Å². The van der Waals surface area contributed by atoms with Crippen molar-refractivity contribution < 1.29 is 9.21 Å². The van der Waals surface area contributed by atoms with Crippen molar-refractivity contribution in [2.24, 2.45) is 0 Å². The fraction of sp³-hybridized carbons (Fsp3) is 0.0625. The molecule has 3 rings (SSSR count). The summed E-state index contributed by atoms with van der Waals surface area (Å²) in [5, 5.41) is 1.07. The van der Waals surface area contributed by atoms with Gasteiger partial charge >= 0.3 is 0 Å². The zero-order valence-electron chi connectivity index (χ0n) is 10.0. The summed E-state index contributed by atoms with van der Waals surface area (Å²) in [4.78, 5) is 10.9. The molecule has 0 saturated carbocycles. The molecule has 0 N–H and O–H groups in total. The largest absolute Gasteiger partial charge is 0.456 e. The summed E-state index contributed by atoms with van der Waals surface area (Å²) in [5.74, 6) is 0.794. The zero-order chi connectivity index (χ0) is 12.5. The number of aryl methyl sites for hydroxylation is 1. The molecule has 3 aromatic rings. The van der Waals surface area contributed by atoms with Crippen LogP contribution in [0.4, 0.5) is 0 Å². The van der Waals surface area contributed by atoms with Gasteiger partial charge in [0.25, 0.3) is 0 Å². The lowest BCUT2D eigenvalue weighted by Crippen LogP contribution is -1.84. The second-order valence-electron chi connectivity index (χ2n) is 4.40. The summed E-state index contributed by atoms with van der Waals surface area (Å²) in [6.45, 7) is 1.97. The second-order valence-corrected chi connectivity index (χ2v) is 4.40. The topological polar surface area (TPSA) is 30.2 Å². The van der Waals surface area contributed by atoms with Crippen LogP contribution in [0.5, 0.6) is 0 Å². The summed E-state index contributed by atoms with van der Waals surface area (Å²) >= 11 is 0. The van der Waals surface area contributed by atoms with Crippen molar-refractivity contribution in [3.05, 3.63) is 59.7 Å². The van der Waals surface area contributed by atoms with E-state index >= 15 is 0 Å². The van der Waals surface area contributed by atoms with Gasteiger partial charge in [0, 0.05) is 16.5 Å². The molecule has 0 atom stereocenters. The highest BCUT2D eigenvalue weighted by molar-refractivity contribution is 5.84. The van der Waals surface area contributed by atoms with Crippen molar-refractivity contribution in [3.8, 4) is 11.3 Å². The number of hydrogen-bond acceptors (Lipinski definition) is 2. The smallest absolute Gasteiger partial charge is 0.150 e. The van der Waals surface area contributed by atoms with Gasteiger partial charge in [-0.2, -0.15) is 0 Å². The molecule has 0 aliphatic carbocycles. The van der Waals surface area contributed by atoms with Gasteiger partial charge in [-0.1, -0.05) is 18.2 Å². The first-order valence-corrected chi connectivity index (χ1v) is 5.82. The van der Waals surface area contributed by atoms with Gasteiger partial charge < -0.3 is 4.42 Å². The molecule has 0 fully saturated rings. The number of furan rings is 1. The van der Waals surface area contributed by atoms with E-state index in [9.17, 15) is 4.79 Å². The molecule has 0 unspecified atom stereocenters. The van der Waals surface area contributed by atoms with E-state index in [0.717, 1.165) is 34.1 Å². The number of rotatable bonds is 2. The minimum absolute atomic E-state index is 0.672. The Kier molecular flexibility index (Phi) is 2.49.